The predicted molar refractivity (Wildman–Crippen MR) is 112 cm³/mol. The monoisotopic (exact) mass is 404 g/mol. The normalized spacial score (nSPS) is 24.8. The van der Waals surface area contributed by atoms with E-state index in [1.54, 1.807) is 0 Å². The van der Waals surface area contributed by atoms with Crippen LogP contribution < -0.4 is 0 Å². The number of hydrogen-bond donors (Lipinski definition) is 0. The standard InChI is InChI=1S/C25H21ClO3/c26-18-10-6-9-17(13-18)22-23-21(15-28-14-16-7-2-1-3-8-16)19-11-4-5-12-20(19)24(22)29-25(23)27/h1-13,21-24H,14-15H2/t21-,22+,23-,24+/m0/s1. The number of esters is 1. The fourth-order valence-corrected chi connectivity index (χ4v) is 4.95. The first-order valence-corrected chi connectivity index (χ1v) is 10.3. The number of rotatable bonds is 5. The van der Waals surface area contributed by atoms with Crippen LogP contribution in [-0.2, 0) is 20.9 Å². The first-order valence-electron chi connectivity index (χ1n) is 9.89. The highest BCUT2D eigenvalue weighted by Gasteiger charge is 2.54. The minimum atomic E-state index is -0.274. The Kier molecular flexibility index (Phi) is 4.86. The molecule has 5 rings (SSSR count). The van der Waals surface area contributed by atoms with E-state index in [1.165, 1.54) is 0 Å². The van der Waals surface area contributed by atoms with Crippen LogP contribution in [0.1, 0.15) is 40.2 Å². The van der Waals surface area contributed by atoms with Crippen LogP contribution in [0.15, 0.2) is 78.9 Å². The number of carbonyl (C=O) groups excluding carboxylic acids is 1. The molecular weight excluding hydrogens is 384 g/mol. The zero-order valence-electron chi connectivity index (χ0n) is 15.8. The maximum absolute atomic E-state index is 12.9. The molecule has 1 aliphatic heterocycles. The Balaban J connectivity index is 1.49. The Morgan fingerprint density at radius 1 is 0.862 bits per heavy atom. The zero-order chi connectivity index (χ0) is 19.8. The van der Waals surface area contributed by atoms with Crippen molar-refractivity contribution in [2.24, 2.45) is 5.92 Å². The van der Waals surface area contributed by atoms with Crippen LogP contribution in [0.25, 0.3) is 0 Å². The van der Waals surface area contributed by atoms with Crippen LogP contribution in [-0.4, -0.2) is 12.6 Å². The van der Waals surface area contributed by atoms with Crippen molar-refractivity contribution in [1.29, 1.82) is 0 Å². The fraction of sp³-hybridized carbons (Fsp3) is 0.240. The molecule has 2 bridgehead atoms. The molecule has 146 valence electrons. The molecule has 0 unspecified atom stereocenters. The Hall–Kier alpha value is -2.62. The molecule has 4 heteroatoms. The lowest BCUT2D eigenvalue weighted by Gasteiger charge is -2.34. The molecule has 0 amide bonds. The lowest BCUT2D eigenvalue weighted by Crippen LogP contribution is -2.31. The SMILES string of the molecule is O=C1O[C@@H]2c3ccccc3[C@H](COCc3ccccc3)[C@H]1[C@H]2c1cccc(Cl)c1. The van der Waals surface area contributed by atoms with Crippen molar-refractivity contribution in [3.63, 3.8) is 0 Å². The third-order valence-electron chi connectivity index (χ3n) is 6.01. The molecule has 4 atom stereocenters. The van der Waals surface area contributed by atoms with Crippen molar-refractivity contribution < 1.29 is 14.3 Å². The molecule has 3 aromatic rings. The van der Waals surface area contributed by atoms with Gasteiger partial charge in [0.1, 0.15) is 6.10 Å². The molecule has 3 nitrogen and oxygen atoms in total. The van der Waals surface area contributed by atoms with Gasteiger partial charge in [-0.2, -0.15) is 0 Å². The number of halogens is 1. The van der Waals surface area contributed by atoms with Crippen LogP contribution in [0.5, 0.6) is 0 Å². The highest BCUT2D eigenvalue weighted by atomic mass is 35.5. The molecule has 2 aliphatic rings. The van der Waals surface area contributed by atoms with E-state index in [9.17, 15) is 4.79 Å². The van der Waals surface area contributed by atoms with Crippen LogP contribution in [0.3, 0.4) is 0 Å². The second-order valence-corrected chi connectivity index (χ2v) is 8.14. The summed E-state index contributed by atoms with van der Waals surface area (Å²) < 4.78 is 12.0. The Bertz CT molecular complexity index is 1030. The van der Waals surface area contributed by atoms with Crippen molar-refractivity contribution in [1.82, 2.24) is 0 Å². The molecule has 29 heavy (non-hydrogen) atoms. The van der Waals surface area contributed by atoms with Crippen molar-refractivity contribution in [3.05, 3.63) is 106 Å². The molecular formula is C25H21ClO3. The van der Waals surface area contributed by atoms with Gasteiger partial charge in [0.2, 0.25) is 0 Å². The van der Waals surface area contributed by atoms with Crippen molar-refractivity contribution >= 4 is 17.6 Å². The molecule has 1 saturated heterocycles. The molecule has 1 aliphatic carbocycles. The summed E-state index contributed by atoms with van der Waals surface area (Å²) in [5.74, 6) is -0.528. The Labute approximate surface area is 175 Å². The first-order chi connectivity index (χ1) is 14.2. The number of benzene rings is 3. The number of fused-ring (bicyclic) bond motifs is 4. The van der Waals surface area contributed by atoms with Gasteiger partial charge >= 0.3 is 5.97 Å². The molecule has 0 spiro atoms. The van der Waals surface area contributed by atoms with Crippen LogP contribution in [0.4, 0.5) is 0 Å². The third kappa shape index (κ3) is 3.35. The lowest BCUT2D eigenvalue weighted by molar-refractivity contribution is -0.144. The highest BCUT2D eigenvalue weighted by Crippen LogP contribution is 2.57. The molecule has 0 saturated carbocycles. The van der Waals surface area contributed by atoms with Crippen LogP contribution in [0, 0.1) is 5.92 Å². The molecule has 0 aromatic heterocycles. The van der Waals surface area contributed by atoms with E-state index in [4.69, 9.17) is 21.1 Å². The Morgan fingerprint density at radius 3 is 2.41 bits per heavy atom. The number of carbonyl (C=O) groups is 1. The van der Waals surface area contributed by atoms with Gasteiger partial charge in [-0.05, 0) is 34.4 Å². The topological polar surface area (TPSA) is 35.5 Å². The summed E-state index contributed by atoms with van der Waals surface area (Å²) in [6, 6.07) is 26.0. The van der Waals surface area contributed by atoms with Gasteiger partial charge in [-0.3, -0.25) is 4.79 Å². The van der Waals surface area contributed by atoms with Gasteiger partial charge in [-0.25, -0.2) is 0 Å². The summed E-state index contributed by atoms with van der Waals surface area (Å²) in [6.45, 7) is 0.988. The Morgan fingerprint density at radius 2 is 1.62 bits per heavy atom. The first kappa shape index (κ1) is 18.4. The summed E-state index contributed by atoms with van der Waals surface area (Å²) >= 11 is 6.25. The summed E-state index contributed by atoms with van der Waals surface area (Å²) in [7, 11) is 0. The molecule has 0 N–H and O–H groups in total. The van der Waals surface area contributed by atoms with Gasteiger partial charge in [0.05, 0.1) is 19.1 Å². The van der Waals surface area contributed by atoms with E-state index < -0.39 is 0 Å². The van der Waals surface area contributed by atoms with E-state index in [-0.39, 0.29) is 29.8 Å². The summed E-state index contributed by atoms with van der Waals surface area (Å²) in [6.07, 6.45) is -0.271. The lowest BCUT2D eigenvalue weighted by atomic mass is 9.67. The molecule has 0 radical (unpaired) electrons. The van der Waals surface area contributed by atoms with Crippen LogP contribution >= 0.6 is 11.6 Å². The van der Waals surface area contributed by atoms with E-state index in [2.05, 4.69) is 12.1 Å². The second-order valence-electron chi connectivity index (χ2n) is 7.70. The van der Waals surface area contributed by atoms with E-state index >= 15 is 0 Å². The molecule has 1 heterocycles. The number of ether oxygens (including phenoxy) is 2. The summed E-state index contributed by atoms with van der Waals surface area (Å²) in [5.41, 5.74) is 4.39. The average Bonchev–Trinajstić information content (AvgIpc) is 3.03. The maximum Gasteiger partial charge on any atom is 0.311 e. The van der Waals surface area contributed by atoms with Crippen LogP contribution in [0.2, 0.25) is 5.02 Å². The smallest absolute Gasteiger partial charge is 0.311 e. The predicted octanol–water partition coefficient (Wildman–Crippen LogP) is 5.65. The van der Waals surface area contributed by atoms with Crippen molar-refractivity contribution in [3.8, 4) is 0 Å². The van der Waals surface area contributed by atoms with E-state index in [0.717, 1.165) is 22.3 Å². The van der Waals surface area contributed by atoms with E-state index in [0.29, 0.717) is 18.2 Å². The van der Waals surface area contributed by atoms with Gasteiger partial charge in [-0.15, -0.1) is 0 Å². The second kappa shape index (κ2) is 7.66. The molecule has 1 fully saturated rings. The number of hydrogen-bond acceptors (Lipinski definition) is 3. The average molecular weight is 405 g/mol. The summed E-state index contributed by atoms with van der Waals surface area (Å²) in [4.78, 5) is 12.9. The largest absolute Gasteiger partial charge is 0.457 e. The van der Waals surface area contributed by atoms with Gasteiger partial charge in [-0.1, -0.05) is 78.3 Å². The quantitative estimate of drug-likeness (QED) is 0.515. The zero-order valence-corrected chi connectivity index (χ0v) is 16.6. The van der Waals surface area contributed by atoms with Gasteiger partial charge in [0, 0.05) is 16.9 Å². The van der Waals surface area contributed by atoms with Gasteiger partial charge in [0.25, 0.3) is 0 Å². The third-order valence-corrected chi connectivity index (χ3v) is 6.24. The van der Waals surface area contributed by atoms with Gasteiger partial charge < -0.3 is 9.47 Å². The highest BCUT2D eigenvalue weighted by molar-refractivity contribution is 6.30. The van der Waals surface area contributed by atoms with Gasteiger partial charge in [0.15, 0.2) is 0 Å². The summed E-state index contributed by atoms with van der Waals surface area (Å²) in [5, 5.41) is 0.671. The molecule has 3 aromatic carbocycles. The fourth-order valence-electron chi connectivity index (χ4n) is 4.75. The minimum Gasteiger partial charge on any atom is -0.457 e. The van der Waals surface area contributed by atoms with E-state index in [1.807, 2.05) is 66.7 Å². The van der Waals surface area contributed by atoms with Crippen molar-refractivity contribution in [2.75, 3.05) is 6.61 Å². The van der Waals surface area contributed by atoms with Crippen molar-refractivity contribution in [2.45, 2.75) is 24.5 Å². The minimum absolute atomic E-state index is 0.0508. The maximum atomic E-state index is 12.9.